The zero-order chi connectivity index (χ0) is 20.1. The van der Waals surface area contributed by atoms with E-state index in [1.54, 1.807) is 4.90 Å². The number of Topliss-reactive ketones (excluding diaryl/α,β-unsaturated/α-hetero) is 1. The average molecular weight is 387 g/mol. The van der Waals surface area contributed by atoms with Gasteiger partial charge in [0.2, 0.25) is 0 Å². The summed E-state index contributed by atoms with van der Waals surface area (Å²) in [7, 11) is 0. The quantitative estimate of drug-likeness (QED) is 0.584. The van der Waals surface area contributed by atoms with Crippen LogP contribution in [-0.2, 0) is 9.53 Å². The maximum atomic E-state index is 13.0. The van der Waals surface area contributed by atoms with Gasteiger partial charge in [0.1, 0.15) is 11.6 Å². The van der Waals surface area contributed by atoms with Crippen LogP contribution in [0.5, 0.6) is 0 Å². The summed E-state index contributed by atoms with van der Waals surface area (Å²) in [4.78, 5) is 38.2. The number of benzene rings is 2. The molecule has 3 rings (SSSR count). The molecule has 2 aromatic rings. The van der Waals surface area contributed by atoms with Crippen LogP contribution in [0.1, 0.15) is 33.6 Å². The number of ketones is 1. The van der Waals surface area contributed by atoms with Crippen LogP contribution in [0.15, 0.2) is 48.5 Å². The van der Waals surface area contributed by atoms with Crippen LogP contribution in [0.2, 0.25) is 0 Å². The predicted octanol–water partition coefficient (Wildman–Crippen LogP) is 3.24. The van der Waals surface area contributed by atoms with Crippen molar-refractivity contribution in [2.75, 3.05) is 19.7 Å². The summed E-state index contributed by atoms with van der Waals surface area (Å²) in [6.45, 7) is 0.350. The molecule has 1 heterocycles. The van der Waals surface area contributed by atoms with Gasteiger partial charge in [0.05, 0.1) is 5.92 Å². The van der Waals surface area contributed by atoms with Gasteiger partial charge in [-0.1, -0.05) is 0 Å². The van der Waals surface area contributed by atoms with Gasteiger partial charge >= 0.3 is 5.97 Å². The number of halogens is 2. The predicted molar refractivity (Wildman–Crippen MR) is 96.7 cm³/mol. The van der Waals surface area contributed by atoms with Gasteiger partial charge in [0.15, 0.2) is 12.4 Å². The number of piperidine rings is 1. The van der Waals surface area contributed by atoms with Crippen LogP contribution >= 0.6 is 0 Å². The van der Waals surface area contributed by atoms with E-state index in [0.717, 1.165) is 0 Å². The molecule has 1 fully saturated rings. The monoisotopic (exact) mass is 387 g/mol. The molecule has 0 aliphatic carbocycles. The first-order valence-electron chi connectivity index (χ1n) is 8.94. The summed E-state index contributed by atoms with van der Waals surface area (Å²) in [6.07, 6.45) is 0.854. The Morgan fingerprint density at radius 2 is 1.36 bits per heavy atom. The fourth-order valence-electron chi connectivity index (χ4n) is 3.07. The van der Waals surface area contributed by atoms with Gasteiger partial charge in [0, 0.05) is 24.2 Å². The molecule has 0 saturated carbocycles. The number of carbonyl (C=O) groups is 3. The molecule has 0 bridgehead atoms. The third-order valence-corrected chi connectivity index (χ3v) is 4.72. The number of carbonyl (C=O) groups excluding carboxylic acids is 3. The highest BCUT2D eigenvalue weighted by Gasteiger charge is 2.29. The molecule has 1 aliphatic rings. The molecule has 0 atom stereocenters. The second-order valence-corrected chi connectivity index (χ2v) is 6.61. The molecule has 1 aliphatic heterocycles. The highest BCUT2D eigenvalue weighted by molar-refractivity contribution is 5.98. The van der Waals surface area contributed by atoms with Crippen molar-refractivity contribution in [3.05, 3.63) is 71.3 Å². The van der Waals surface area contributed by atoms with Gasteiger partial charge in [-0.05, 0) is 61.4 Å². The van der Waals surface area contributed by atoms with Crippen molar-refractivity contribution >= 4 is 17.7 Å². The Labute approximate surface area is 160 Å². The van der Waals surface area contributed by atoms with Gasteiger partial charge in [-0.15, -0.1) is 0 Å². The van der Waals surface area contributed by atoms with Crippen molar-refractivity contribution in [2.45, 2.75) is 12.8 Å². The largest absolute Gasteiger partial charge is 0.457 e. The lowest BCUT2D eigenvalue weighted by molar-refractivity contribution is -0.148. The fraction of sp³-hybridized carbons (Fsp3) is 0.286. The number of amides is 1. The maximum Gasteiger partial charge on any atom is 0.309 e. The van der Waals surface area contributed by atoms with Crippen molar-refractivity contribution < 1.29 is 27.9 Å². The van der Waals surface area contributed by atoms with E-state index in [2.05, 4.69) is 0 Å². The Bertz CT molecular complexity index is 857. The minimum Gasteiger partial charge on any atom is -0.457 e. The summed E-state index contributed by atoms with van der Waals surface area (Å²) in [5.74, 6) is -2.35. The second kappa shape index (κ2) is 8.73. The number of hydrogen-bond acceptors (Lipinski definition) is 4. The Hall–Kier alpha value is -3.09. The van der Waals surface area contributed by atoms with Crippen LogP contribution < -0.4 is 0 Å². The zero-order valence-corrected chi connectivity index (χ0v) is 15.1. The van der Waals surface area contributed by atoms with Crippen molar-refractivity contribution in [2.24, 2.45) is 5.92 Å². The van der Waals surface area contributed by atoms with Crippen LogP contribution in [0.25, 0.3) is 0 Å². The van der Waals surface area contributed by atoms with E-state index in [4.69, 9.17) is 4.74 Å². The molecular formula is C21H19F2NO4. The molecule has 1 saturated heterocycles. The van der Waals surface area contributed by atoms with Gasteiger partial charge in [-0.2, -0.15) is 0 Å². The smallest absolute Gasteiger partial charge is 0.309 e. The lowest BCUT2D eigenvalue weighted by Gasteiger charge is -2.31. The second-order valence-electron chi connectivity index (χ2n) is 6.61. The van der Waals surface area contributed by atoms with Crippen molar-refractivity contribution in [1.29, 1.82) is 0 Å². The number of rotatable bonds is 5. The first-order valence-corrected chi connectivity index (χ1v) is 8.94. The molecule has 0 N–H and O–H groups in total. The average Bonchev–Trinajstić information content (AvgIpc) is 2.72. The molecule has 5 nitrogen and oxygen atoms in total. The number of ether oxygens (including phenoxy) is 1. The van der Waals surface area contributed by atoms with E-state index < -0.39 is 35.9 Å². The standard InChI is InChI=1S/C21H19F2NO4/c22-17-5-1-14(2-6-17)19(25)13-28-21(27)16-9-11-24(12-10-16)20(26)15-3-7-18(23)8-4-15/h1-8,16H,9-13H2. The Morgan fingerprint density at radius 1 is 0.857 bits per heavy atom. The van der Waals surface area contributed by atoms with E-state index in [1.165, 1.54) is 48.5 Å². The zero-order valence-electron chi connectivity index (χ0n) is 15.1. The first kappa shape index (κ1) is 19.7. The number of hydrogen-bond donors (Lipinski definition) is 0. The summed E-state index contributed by atoms with van der Waals surface area (Å²) >= 11 is 0. The van der Waals surface area contributed by atoms with E-state index in [-0.39, 0.29) is 11.5 Å². The van der Waals surface area contributed by atoms with E-state index in [0.29, 0.717) is 31.5 Å². The molecule has 2 aromatic carbocycles. The number of esters is 1. The Morgan fingerprint density at radius 3 is 1.89 bits per heavy atom. The highest BCUT2D eigenvalue weighted by atomic mass is 19.1. The van der Waals surface area contributed by atoms with Crippen LogP contribution in [0.4, 0.5) is 8.78 Å². The third kappa shape index (κ3) is 4.79. The van der Waals surface area contributed by atoms with Crippen molar-refractivity contribution in [3.63, 3.8) is 0 Å². The molecule has 7 heteroatoms. The molecule has 0 unspecified atom stereocenters. The van der Waals surface area contributed by atoms with E-state index in [1.807, 2.05) is 0 Å². The van der Waals surface area contributed by atoms with Gasteiger partial charge in [0.25, 0.3) is 5.91 Å². The summed E-state index contributed by atoms with van der Waals surface area (Å²) < 4.78 is 30.9. The van der Waals surface area contributed by atoms with Gasteiger partial charge in [-0.25, -0.2) is 8.78 Å². The molecule has 0 radical (unpaired) electrons. The molecule has 1 amide bonds. The molecule has 0 spiro atoms. The molecule has 28 heavy (non-hydrogen) atoms. The SMILES string of the molecule is O=C(COC(=O)C1CCN(C(=O)c2ccc(F)cc2)CC1)c1ccc(F)cc1. The first-order chi connectivity index (χ1) is 13.4. The Balaban J connectivity index is 1.47. The number of likely N-dealkylation sites (tertiary alicyclic amines) is 1. The molecular weight excluding hydrogens is 368 g/mol. The van der Waals surface area contributed by atoms with Crippen molar-refractivity contribution in [3.8, 4) is 0 Å². The molecule has 0 aromatic heterocycles. The minimum absolute atomic E-state index is 0.210. The van der Waals surface area contributed by atoms with Crippen LogP contribution in [-0.4, -0.2) is 42.3 Å². The van der Waals surface area contributed by atoms with E-state index in [9.17, 15) is 23.2 Å². The highest BCUT2D eigenvalue weighted by Crippen LogP contribution is 2.21. The molecule has 146 valence electrons. The normalized spacial score (nSPS) is 14.6. The summed E-state index contributed by atoms with van der Waals surface area (Å²) in [5.41, 5.74) is 0.668. The van der Waals surface area contributed by atoms with Crippen LogP contribution in [0.3, 0.4) is 0 Å². The fourth-order valence-corrected chi connectivity index (χ4v) is 3.07. The van der Waals surface area contributed by atoms with Gasteiger partial charge in [-0.3, -0.25) is 14.4 Å². The topological polar surface area (TPSA) is 63.7 Å². The van der Waals surface area contributed by atoms with Crippen LogP contribution in [0, 0.1) is 17.6 Å². The lowest BCUT2D eigenvalue weighted by Crippen LogP contribution is -2.40. The minimum atomic E-state index is -0.482. The summed E-state index contributed by atoms with van der Waals surface area (Å²) in [5, 5.41) is 0. The summed E-state index contributed by atoms with van der Waals surface area (Å²) in [6, 6.07) is 10.3. The van der Waals surface area contributed by atoms with E-state index >= 15 is 0 Å². The Kier molecular flexibility index (Phi) is 6.13. The third-order valence-electron chi connectivity index (χ3n) is 4.72. The lowest BCUT2D eigenvalue weighted by atomic mass is 9.96. The number of nitrogens with zero attached hydrogens (tertiary/aromatic N) is 1. The maximum absolute atomic E-state index is 13.0. The van der Waals surface area contributed by atoms with Gasteiger partial charge < -0.3 is 9.64 Å². The van der Waals surface area contributed by atoms with Crippen molar-refractivity contribution in [1.82, 2.24) is 4.90 Å².